The molecule has 0 saturated heterocycles. The number of hydrogen-bond acceptors (Lipinski definition) is 15. The van der Waals surface area contributed by atoms with E-state index in [1.165, 1.54) is 270 Å². The molecule has 0 aliphatic carbocycles. The van der Waals surface area contributed by atoms with Crippen LogP contribution in [0.2, 0.25) is 0 Å². The van der Waals surface area contributed by atoms with Gasteiger partial charge in [-0.1, -0.05) is 401 Å². The average molecular weight is 1510 g/mol. The maximum atomic E-state index is 13.1. The van der Waals surface area contributed by atoms with E-state index in [1.54, 1.807) is 0 Å². The van der Waals surface area contributed by atoms with Crippen molar-refractivity contribution in [3.05, 3.63) is 0 Å². The second kappa shape index (κ2) is 76.8. The third-order valence-corrected chi connectivity index (χ3v) is 22.0. The predicted molar refractivity (Wildman–Crippen MR) is 423 cm³/mol. The van der Waals surface area contributed by atoms with Crippen LogP contribution in [-0.4, -0.2) is 96.7 Å². The first-order valence-corrected chi connectivity index (χ1v) is 46.7. The maximum Gasteiger partial charge on any atom is 0.472 e. The molecule has 0 aromatic heterocycles. The van der Waals surface area contributed by atoms with Crippen LogP contribution in [0.1, 0.15) is 452 Å². The minimum Gasteiger partial charge on any atom is -0.462 e. The number of ether oxygens (including phenoxy) is 4. The Labute approximate surface area is 632 Å². The fraction of sp³-hybridized carbons (Fsp3) is 0.952. The molecule has 612 valence electrons. The Kier molecular flexibility index (Phi) is 75.4. The van der Waals surface area contributed by atoms with Gasteiger partial charge in [-0.2, -0.15) is 0 Å². The highest BCUT2D eigenvalue weighted by Gasteiger charge is 2.30. The largest absolute Gasteiger partial charge is 0.472 e. The summed E-state index contributed by atoms with van der Waals surface area (Å²) < 4.78 is 68.5. The molecule has 0 rings (SSSR count). The number of aliphatic hydroxyl groups is 1. The third kappa shape index (κ3) is 76.6. The van der Waals surface area contributed by atoms with E-state index < -0.39 is 97.5 Å². The number of esters is 4. The minimum absolute atomic E-state index is 0.107. The molecule has 0 aliphatic heterocycles. The quantitative estimate of drug-likeness (QED) is 0.0222. The van der Waals surface area contributed by atoms with Crippen LogP contribution in [0.15, 0.2) is 0 Å². The number of rotatable bonds is 84. The zero-order chi connectivity index (χ0) is 75.5. The summed E-state index contributed by atoms with van der Waals surface area (Å²) in [7, 11) is -9.91. The molecule has 0 aromatic rings. The number of carbonyl (C=O) groups excluding carboxylic acids is 4. The molecule has 0 aliphatic rings. The molecule has 0 fully saturated rings. The summed E-state index contributed by atoms with van der Waals surface area (Å²) in [5, 5.41) is 10.6. The number of aliphatic hydroxyl groups excluding tert-OH is 1. The van der Waals surface area contributed by atoms with E-state index in [9.17, 15) is 43.2 Å². The van der Waals surface area contributed by atoms with Crippen LogP contribution >= 0.6 is 15.6 Å². The molecular weight excluding hydrogens is 1340 g/mol. The first-order chi connectivity index (χ1) is 50.1. The number of carbonyl (C=O) groups is 4. The second-order valence-corrected chi connectivity index (χ2v) is 33.4. The monoisotopic (exact) mass is 1510 g/mol. The van der Waals surface area contributed by atoms with Crippen molar-refractivity contribution >= 4 is 39.5 Å². The normalized spacial score (nSPS) is 14.1. The van der Waals surface area contributed by atoms with Gasteiger partial charge in [-0.25, -0.2) is 9.13 Å². The highest BCUT2D eigenvalue weighted by Crippen LogP contribution is 2.45. The van der Waals surface area contributed by atoms with E-state index in [0.717, 1.165) is 102 Å². The Hall–Kier alpha value is -1.94. The molecule has 0 saturated carbocycles. The Morgan fingerprint density at radius 2 is 0.466 bits per heavy atom. The van der Waals surface area contributed by atoms with E-state index in [2.05, 4.69) is 34.6 Å². The van der Waals surface area contributed by atoms with E-state index >= 15 is 0 Å². The minimum atomic E-state index is -4.96. The highest BCUT2D eigenvalue weighted by molar-refractivity contribution is 7.47. The molecule has 17 nitrogen and oxygen atoms in total. The summed E-state index contributed by atoms with van der Waals surface area (Å²) in [5.74, 6) is -1.24. The van der Waals surface area contributed by atoms with Crippen LogP contribution in [0.5, 0.6) is 0 Å². The van der Waals surface area contributed by atoms with Crippen LogP contribution in [-0.2, 0) is 65.4 Å². The number of unbranched alkanes of at least 4 members (excludes halogenated alkanes) is 55. The predicted octanol–water partition coefficient (Wildman–Crippen LogP) is 25.6. The van der Waals surface area contributed by atoms with Crippen molar-refractivity contribution in [3.8, 4) is 0 Å². The lowest BCUT2D eigenvalue weighted by atomic mass is 9.99. The van der Waals surface area contributed by atoms with Gasteiger partial charge in [0.25, 0.3) is 0 Å². The second-order valence-electron chi connectivity index (χ2n) is 30.5. The van der Waals surface area contributed by atoms with Gasteiger partial charge in [0.1, 0.15) is 19.3 Å². The van der Waals surface area contributed by atoms with E-state index in [-0.39, 0.29) is 25.7 Å². The van der Waals surface area contributed by atoms with Gasteiger partial charge in [0, 0.05) is 25.7 Å². The standard InChI is InChI=1S/C84H164O17P2/c1-6-10-13-16-18-20-22-24-26-27-28-29-30-31-35-38-42-45-49-53-58-63-68-82(87)95-74-80(101-84(89)70-65-60-55-51-47-43-39-36-33-32-34-37-40-44-48-52-57-61-66-77(5)9-4)76-99-103(92,93)97-72-78(85)71-96-102(90,91)98-75-79(73-94-81(86)67-62-56-15-12-8-3)100-83(88)69-64-59-54-50-46-41-25-23-21-19-17-14-11-7-2/h77-80,85H,6-76H2,1-5H3,(H,90,91)(H,92,93)/t77?,78-,79+,80+/m0/s1. The smallest absolute Gasteiger partial charge is 0.462 e. The lowest BCUT2D eigenvalue weighted by Crippen LogP contribution is -2.30. The molecule has 6 atom stereocenters. The van der Waals surface area contributed by atoms with Gasteiger partial charge in [0.2, 0.25) is 0 Å². The van der Waals surface area contributed by atoms with Crippen molar-refractivity contribution in [1.29, 1.82) is 0 Å². The van der Waals surface area contributed by atoms with Gasteiger partial charge in [-0.05, 0) is 31.6 Å². The Bertz CT molecular complexity index is 1960. The lowest BCUT2D eigenvalue weighted by Gasteiger charge is -2.21. The third-order valence-electron chi connectivity index (χ3n) is 20.1. The van der Waals surface area contributed by atoms with E-state index in [1.807, 2.05) is 0 Å². The molecule has 3 unspecified atom stereocenters. The topological polar surface area (TPSA) is 237 Å². The molecule has 103 heavy (non-hydrogen) atoms. The van der Waals surface area contributed by atoms with Crippen molar-refractivity contribution in [3.63, 3.8) is 0 Å². The van der Waals surface area contributed by atoms with Crippen LogP contribution in [0, 0.1) is 5.92 Å². The van der Waals surface area contributed by atoms with Crippen LogP contribution in [0.4, 0.5) is 0 Å². The maximum absolute atomic E-state index is 13.1. The van der Waals surface area contributed by atoms with Gasteiger partial charge in [-0.3, -0.25) is 37.3 Å². The van der Waals surface area contributed by atoms with Gasteiger partial charge in [-0.15, -0.1) is 0 Å². The van der Waals surface area contributed by atoms with Gasteiger partial charge < -0.3 is 33.8 Å². The highest BCUT2D eigenvalue weighted by atomic mass is 31.2. The van der Waals surface area contributed by atoms with Gasteiger partial charge in [0.05, 0.1) is 26.4 Å². The van der Waals surface area contributed by atoms with Crippen LogP contribution in [0.3, 0.4) is 0 Å². The molecule has 19 heteroatoms. The number of hydrogen-bond donors (Lipinski definition) is 3. The van der Waals surface area contributed by atoms with Crippen LogP contribution < -0.4 is 0 Å². The Balaban J connectivity index is 5.09. The number of phosphoric ester groups is 2. The van der Waals surface area contributed by atoms with Gasteiger partial charge in [0.15, 0.2) is 12.2 Å². The van der Waals surface area contributed by atoms with Crippen LogP contribution in [0.25, 0.3) is 0 Å². The van der Waals surface area contributed by atoms with Crippen molar-refractivity contribution in [2.24, 2.45) is 5.92 Å². The summed E-state index contributed by atoms with van der Waals surface area (Å²) in [5.41, 5.74) is 0. The Morgan fingerprint density at radius 1 is 0.272 bits per heavy atom. The summed E-state index contributed by atoms with van der Waals surface area (Å²) in [6.45, 7) is 7.32. The molecule has 0 amide bonds. The zero-order valence-electron chi connectivity index (χ0n) is 67.5. The first kappa shape index (κ1) is 101. The molecule has 0 spiro atoms. The molecule has 0 heterocycles. The van der Waals surface area contributed by atoms with E-state index in [0.29, 0.717) is 25.7 Å². The number of phosphoric acid groups is 2. The average Bonchev–Trinajstić information content (AvgIpc) is 0.923. The molecule has 3 N–H and O–H groups in total. The zero-order valence-corrected chi connectivity index (χ0v) is 69.3. The van der Waals surface area contributed by atoms with Crippen molar-refractivity contribution in [2.45, 2.75) is 470 Å². The summed E-state index contributed by atoms with van der Waals surface area (Å²) in [6.07, 6.45) is 70.0. The SMILES string of the molecule is CCCCCCCCCCCCCCCCCCCCCCCCC(=O)OC[C@H](COP(=O)(O)OC[C@@H](O)COP(=O)(O)OC[C@@H](COC(=O)CCCCCCC)OC(=O)CCCCCCCCCCCCCCCC)OC(=O)CCCCCCCCCCCCCCCCCCCCC(C)CC. The summed E-state index contributed by atoms with van der Waals surface area (Å²) >= 11 is 0. The van der Waals surface area contributed by atoms with Gasteiger partial charge >= 0.3 is 39.5 Å². The summed E-state index contributed by atoms with van der Waals surface area (Å²) in [6, 6.07) is 0. The fourth-order valence-electron chi connectivity index (χ4n) is 13.1. The van der Waals surface area contributed by atoms with E-state index in [4.69, 9.17) is 37.0 Å². The summed E-state index contributed by atoms with van der Waals surface area (Å²) in [4.78, 5) is 72.8. The molecule has 0 aromatic carbocycles. The molecule has 0 radical (unpaired) electrons. The van der Waals surface area contributed by atoms with Crippen molar-refractivity contribution in [1.82, 2.24) is 0 Å². The molecular formula is C84H164O17P2. The fourth-order valence-corrected chi connectivity index (χ4v) is 14.7. The van der Waals surface area contributed by atoms with Crippen molar-refractivity contribution in [2.75, 3.05) is 39.6 Å². The Morgan fingerprint density at radius 3 is 0.689 bits per heavy atom. The molecule has 0 bridgehead atoms. The van der Waals surface area contributed by atoms with Crippen molar-refractivity contribution < 1.29 is 80.2 Å². The lowest BCUT2D eigenvalue weighted by molar-refractivity contribution is -0.161. The first-order valence-electron chi connectivity index (χ1n) is 43.7.